The standard InChI is InChI=1S/C15H24N2O3S/c1-4-21(18,19)16-15-7-5-6-14(8-15)11-17-9-12(2)20-13(3)10-17/h5-8,12-13,16H,4,9-11H2,1-3H3/t12-,13-/m1/s1. The van der Waals surface area contributed by atoms with Crippen LogP contribution in [0.2, 0.25) is 0 Å². The van der Waals surface area contributed by atoms with Gasteiger partial charge in [-0.2, -0.15) is 0 Å². The Kier molecular flexibility index (Phi) is 5.24. The Morgan fingerprint density at radius 2 is 1.95 bits per heavy atom. The van der Waals surface area contributed by atoms with Crippen molar-refractivity contribution in [3.8, 4) is 0 Å². The lowest BCUT2D eigenvalue weighted by Crippen LogP contribution is -2.44. The molecule has 21 heavy (non-hydrogen) atoms. The van der Waals surface area contributed by atoms with Crippen LogP contribution in [0, 0.1) is 0 Å². The van der Waals surface area contributed by atoms with Crippen molar-refractivity contribution in [2.45, 2.75) is 39.5 Å². The molecule has 6 heteroatoms. The van der Waals surface area contributed by atoms with Crippen LogP contribution < -0.4 is 4.72 Å². The first-order chi connectivity index (χ1) is 9.88. The first kappa shape index (κ1) is 16.3. The number of morpholine rings is 1. The van der Waals surface area contributed by atoms with Crippen LogP contribution in [-0.2, 0) is 21.3 Å². The Morgan fingerprint density at radius 3 is 2.57 bits per heavy atom. The molecule has 1 aliphatic heterocycles. The highest BCUT2D eigenvalue weighted by molar-refractivity contribution is 7.92. The number of nitrogens with one attached hydrogen (secondary N) is 1. The molecule has 1 aromatic rings. The van der Waals surface area contributed by atoms with Crippen molar-refractivity contribution in [1.29, 1.82) is 0 Å². The van der Waals surface area contributed by atoms with Crippen molar-refractivity contribution >= 4 is 15.7 Å². The minimum absolute atomic E-state index is 0.0791. The number of hydrogen-bond donors (Lipinski definition) is 1. The molecular formula is C15H24N2O3S. The molecule has 2 atom stereocenters. The van der Waals surface area contributed by atoms with E-state index in [1.165, 1.54) is 0 Å². The van der Waals surface area contributed by atoms with Crippen molar-refractivity contribution in [2.75, 3.05) is 23.6 Å². The average molecular weight is 312 g/mol. The van der Waals surface area contributed by atoms with E-state index in [4.69, 9.17) is 4.74 Å². The summed E-state index contributed by atoms with van der Waals surface area (Å²) in [5, 5.41) is 0. The molecule has 2 rings (SSSR count). The Bertz CT molecular complexity index is 564. The smallest absolute Gasteiger partial charge is 0.232 e. The van der Waals surface area contributed by atoms with Crippen molar-refractivity contribution < 1.29 is 13.2 Å². The van der Waals surface area contributed by atoms with Gasteiger partial charge in [0.1, 0.15) is 0 Å². The molecular weight excluding hydrogens is 288 g/mol. The van der Waals surface area contributed by atoms with E-state index in [9.17, 15) is 8.42 Å². The Hall–Kier alpha value is -1.11. The second kappa shape index (κ2) is 6.77. The third-order valence-electron chi connectivity index (χ3n) is 3.48. The minimum Gasteiger partial charge on any atom is -0.373 e. The maximum atomic E-state index is 11.6. The molecule has 1 heterocycles. The molecule has 0 amide bonds. The van der Waals surface area contributed by atoms with Crippen LogP contribution in [0.25, 0.3) is 0 Å². The van der Waals surface area contributed by atoms with Crippen molar-refractivity contribution in [3.05, 3.63) is 29.8 Å². The predicted molar refractivity (Wildman–Crippen MR) is 84.8 cm³/mol. The van der Waals surface area contributed by atoms with Crippen LogP contribution in [0.15, 0.2) is 24.3 Å². The van der Waals surface area contributed by atoms with Gasteiger partial charge in [0.15, 0.2) is 0 Å². The van der Waals surface area contributed by atoms with Crippen LogP contribution in [-0.4, -0.2) is 44.4 Å². The summed E-state index contributed by atoms with van der Waals surface area (Å²) in [7, 11) is -3.22. The van der Waals surface area contributed by atoms with Crippen molar-refractivity contribution in [2.24, 2.45) is 0 Å². The monoisotopic (exact) mass is 312 g/mol. The van der Waals surface area contributed by atoms with Crippen molar-refractivity contribution in [3.63, 3.8) is 0 Å². The molecule has 1 aliphatic rings. The highest BCUT2D eigenvalue weighted by Crippen LogP contribution is 2.17. The van der Waals surface area contributed by atoms with Gasteiger partial charge < -0.3 is 4.74 Å². The summed E-state index contributed by atoms with van der Waals surface area (Å²) in [6.45, 7) is 8.38. The third-order valence-corrected chi connectivity index (χ3v) is 4.79. The zero-order chi connectivity index (χ0) is 15.5. The number of hydrogen-bond acceptors (Lipinski definition) is 4. The fourth-order valence-electron chi connectivity index (χ4n) is 2.66. The number of ether oxygens (including phenoxy) is 1. The van der Waals surface area contributed by atoms with Gasteiger partial charge in [-0.1, -0.05) is 12.1 Å². The lowest BCUT2D eigenvalue weighted by Gasteiger charge is -2.35. The van der Waals surface area contributed by atoms with Crippen LogP contribution in [0.4, 0.5) is 5.69 Å². The first-order valence-electron chi connectivity index (χ1n) is 7.35. The van der Waals surface area contributed by atoms with E-state index in [0.717, 1.165) is 25.2 Å². The molecule has 118 valence electrons. The quantitative estimate of drug-likeness (QED) is 0.904. The summed E-state index contributed by atoms with van der Waals surface area (Å²) in [6, 6.07) is 7.59. The van der Waals surface area contributed by atoms with Crippen molar-refractivity contribution in [1.82, 2.24) is 4.90 Å². The number of anilines is 1. The molecule has 1 N–H and O–H groups in total. The maximum Gasteiger partial charge on any atom is 0.232 e. The molecule has 1 saturated heterocycles. The average Bonchev–Trinajstić information content (AvgIpc) is 2.37. The van der Waals surface area contributed by atoms with Crippen LogP contribution in [0.3, 0.4) is 0 Å². The number of nitrogens with zero attached hydrogens (tertiary/aromatic N) is 1. The highest BCUT2D eigenvalue weighted by atomic mass is 32.2. The SMILES string of the molecule is CCS(=O)(=O)Nc1cccc(CN2C[C@@H](C)O[C@H](C)C2)c1. The van der Waals surface area contributed by atoms with Gasteiger partial charge in [0.05, 0.1) is 18.0 Å². The van der Waals surface area contributed by atoms with E-state index in [1.54, 1.807) is 13.0 Å². The number of rotatable bonds is 5. The minimum atomic E-state index is -3.22. The topological polar surface area (TPSA) is 58.6 Å². The third kappa shape index (κ3) is 4.98. The molecule has 0 saturated carbocycles. The Morgan fingerprint density at radius 1 is 1.29 bits per heavy atom. The van der Waals surface area contributed by atoms with E-state index in [2.05, 4.69) is 23.5 Å². The normalized spacial score (nSPS) is 24.0. The molecule has 1 fully saturated rings. The fraction of sp³-hybridized carbons (Fsp3) is 0.600. The van der Waals surface area contributed by atoms with Crippen LogP contribution in [0.1, 0.15) is 26.3 Å². The molecule has 0 aliphatic carbocycles. The van der Waals surface area contributed by atoms with E-state index >= 15 is 0 Å². The molecule has 0 spiro atoms. The number of sulfonamides is 1. The molecule has 1 aromatic carbocycles. The van der Waals surface area contributed by atoms with E-state index in [1.807, 2.05) is 18.2 Å². The molecule has 0 radical (unpaired) electrons. The second-order valence-electron chi connectivity index (χ2n) is 5.66. The molecule has 0 aromatic heterocycles. The summed E-state index contributed by atoms with van der Waals surface area (Å²) in [5.41, 5.74) is 1.73. The lowest BCUT2D eigenvalue weighted by molar-refractivity contribution is -0.0704. The van der Waals surface area contributed by atoms with Gasteiger partial charge in [0.2, 0.25) is 10.0 Å². The van der Waals surface area contributed by atoms with E-state index < -0.39 is 10.0 Å². The Labute approximate surface area is 127 Å². The first-order valence-corrected chi connectivity index (χ1v) is 9.00. The maximum absolute atomic E-state index is 11.6. The largest absolute Gasteiger partial charge is 0.373 e. The predicted octanol–water partition coefficient (Wildman–Crippen LogP) is 2.06. The summed E-state index contributed by atoms with van der Waals surface area (Å²) in [4.78, 5) is 2.34. The highest BCUT2D eigenvalue weighted by Gasteiger charge is 2.22. The van der Waals surface area contributed by atoms with Crippen LogP contribution >= 0.6 is 0 Å². The van der Waals surface area contributed by atoms with Gasteiger partial charge >= 0.3 is 0 Å². The van der Waals surface area contributed by atoms with Gasteiger partial charge in [-0.3, -0.25) is 9.62 Å². The summed E-state index contributed by atoms with van der Waals surface area (Å²) < 4.78 is 31.6. The van der Waals surface area contributed by atoms with Crippen LogP contribution in [0.5, 0.6) is 0 Å². The molecule has 0 unspecified atom stereocenters. The second-order valence-corrected chi connectivity index (χ2v) is 7.67. The number of benzene rings is 1. The van der Waals surface area contributed by atoms with Gasteiger partial charge in [-0.15, -0.1) is 0 Å². The zero-order valence-corrected chi connectivity index (χ0v) is 13.7. The van der Waals surface area contributed by atoms with Gasteiger partial charge in [-0.25, -0.2) is 8.42 Å². The van der Waals surface area contributed by atoms with E-state index in [0.29, 0.717) is 5.69 Å². The summed E-state index contributed by atoms with van der Waals surface area (Å²) in [6.07, 6.45) is 0.464. The Balaban J connectivity index is 2.04. The van der Waals surface area contributed by atoms with Gasteiger partial charge in [-0.05, 0) is 38.5 Å². The van der Waals surface area contributed by atoms with Gasteiger partial charge in [0, 0.05) is 25.3 Å². The summed E-state index contributed by atoms with van der Waals surface area (Å²) in [5.74, 6) is 0.0791. The molecule has 0 bridgehead atoms. The molecule has 5 nitrogen and oxygen atoms in total. The zero-order valence-electron chi connectivity index (χ0n) is 12.9. The lowest BCUT2D eigenvalue weighted by atomic mass is 10.1. The summed E-state index contributed by atoms with van der Waals surface area (Å²) >= 11 is 0. The van der Waals surface area contributed by atoms with E-state index in [-0.39, 0.29) is 18.0 Å². The fourth-order valence-corrected chi connectivity index (χ4v) is 3.29. The van der Waals surface area contributed by atoms with Gasteiger partial charge in [0.25, 0.3) is 0 Å².